The van der Waals surface area contributed by atoms with Crippen LogP contribution in [0.4, 0.5) is 4.79 Å². The number of likely N-dealkylation sites (tertiary alicyclic amines) is 1. The SMILES string of the molecule is CCC(C)C(NC(=O)OC)C(=O)N1CCCC1C1N=C(c2ccc3cc(-c4ccc5nc(C6CCCN6)[nH]c5c4)ccc3c2)CN1C. The van der Waals surface area contributed by atoms with Gasteiger partial charge in [-0.1, -0.05) is 50.6 Å². The van der Waals surface area contributed by atoms with Crippen molar-refractivity contribution >= 4 is 39.5 Å². The van der Waals surface area contributed by atoms with Crippen LogP contribution >= 0.6 is 0 Å². The van der Waals surface area contributed by atoms with E-state index in [0.29, 0.717) is 19.1 Å². The van der Waals surface area contributed by atoms with Gasteiger partial charge in [0.1, 0.15) is 18.0 Å². The summed E-state index contributed by atoms with van der Waals surface area (Å²) in [4.78, 5) is 43.7. The monoisotopic (exact) mass is 635 g/mol. The Balaban J connectivity index is 1.10. The summed E-state index contributed by atoms with van der Waals surface area (Å²) in [5.74, 6) is 0.965. The standard InChI is InChI=1S/C37H45N7O3/c1-5-22(2)33(42-37(46)47-4)36(45)44-17-7-9-32(44)35-41-31(21-43(35)3)27-13-12-23-18-24(10-11-25(23)19-27)26-14-15-28-30(20-26)40-34(39-28)29-8-6-16-38-29/h10-15,18-20,22,29,32-33,35,38H,5-9,16-17,21H2,1-4H3,(H,39,40)(H,42,46). The van der Waals surface area contributed by atoms with E-state index in [9.17, 15) is 9.59 Å². The van der Waals surface area contributed by atoms with Gasteiger partial charge >= 0.3 is 6.09 Å². The van der Waals surface area contributed by atoms with E-state index in [0.717, 1.165) is 65.9 Å². The topological polar surface area (TPSA) is 115 Å². The molecule has 0 saturated carbocycles. The number of fused-ring (bicyclic) bond motifs is 2. The van der Waals surface area contributed by atoms with Crippen molar-refractivity contribution in [2.24, 2.45) is 10.9 Å². The van der Waals surface area contributed by atoms with Gasteiger partial charge in [-0.25, -0.2) is 9.78 Å². The number of carbonyl (C=O) groups excluding carboxylic acids is 2. The number of nitrogens with one attached hydrogen (secondary N) is 3. The zero-order valence-electron chi connectivity index (χ0n) is 27.8. The highest BCUT2D eigenvalue weighted by Crippen LogP contribution is 2.32. The van der Waals surface area contributed by atoms with Crippen molar-refractivity contribution in [3.05, 3.63) is 66.0 Å². The summed E-state index contributed by atoms with van der Waals surface area (Å²) >= 11 is 0. The summed E-state index contributed by atoms with van der Waals surface area (Å²) in [6.45, 7) is 6.45. The summed E-state index contributed by atoms with van der Waals surface area (Å²) < 4.78 is 4.83. The predicted molar refractivity (Wildman–Crippen MR) is 185 cm³/mol. The Morgan fingerprint density at radius 3 is 2.51 bits per heavy atom. The maximum absolute atomic E-state index is 13.8. The molecule has 1 aromatic heterocycles. The molecule has 4 aromatic rings. The number of likely N-dealkylation sites (N-methyl/N-ethyl adjacent to an activating group) is 1. The number of rotatable bonds is 8. The van der Waals surface area contributed by atoms with E-state index in [1.807, 2.05) is 18.7 Å². The van der Waals surface area contributed by atoms with Gasteiger partial charge in [0.2, 0.25) is 5.91 Å². The zero-order valence-corrected chi connectivity index (χ0v) is 27.8. The van der Waals surface area contributed by atoms with E-state index in [1.165, 1.54) is 29.9 Å². The first kappa shape index (κ1) is 31.3. The van der Waals surface area contributed by atoms with Gasteiger partial charge in [0.05, 0.1) is 35.9 Å². The van der Waals surface area contributed by atoms with Crippen molar-refractivity contribution in [2.45, 2.75) is 70.2 Å². The first-order valence-corrected chi connectivity index (χ1v) is 17.0. The van der Waals surface area contributed by atoms with Crippen LogP contribution in [-0.4, -0.2) is 89.5 Å². The van der Waals surface area contributed by atoms with Crippen LogP contribution in [0.3, 0.4) is 0 Å². The molecular formula is C37H45N7O3. The molecule has 3 N–H and O–H groups in total. The summed E-state index contributed by atoms with van der Waals surface area (Å²) in [6.07, 6.45) is 4.17. The van der Waals surface area contributed by atoms with Crippen molar-refractivity contribution in [2.75, 3.05) is 33.8 Å². The van der Waals surface area contributed by atoms with Crippen molar-refractivity contribution < 1.29 is 14.3 Å². The number of aromatic amines is 1. The van der Waals surface area contributed by atoms with Gasteiger partial charge in [-0.15, -0.1) is 0 Å². The first-order chi connectivity index (χ1) is 22.8. The van der Waals surface area contributed by atoms with Crippen molar-refractivity contribution in [3.8, 4) is 11.1 Å². The van der Waals surface area contributed by atoms with Gasteiger partial charge in [-0.3, -0.25) is 14.7 Å². The van der Waals surface area contributed by atoms with Crippen LogP contribution in [0.25, 0.3) is 32.9 Å². The maximum atomic E-state index is 13.8. The number of ether oxygens (including phenoxy) is 1. The van der Waals surface area contributed by atoms with Crippen LogP contribution in [0.5, 0.6) is 0 Å². The molecular weight excluding hydrogens is 590 g/mol. The summed E-state index contributed by atoms with van der Waals surface area (Å²) in [6, 6.07) is 19.3. The Morgan fingerprint density at radius 1 is 1.02 bits per heavy atom. The molecule has 0 spiro atoms. The molecule has 10 heteroatoms. The number of hydrogen-bond acceptors (Lipinski definition) is 7. The van der Waals surface area contributed by atoms with E-state index < -0.39 is 12.1 Å². The third-order valence-electron chi connectivity index (χ3n) is 10.4. The summed E-state index contributed by atoms with van der Waals surface area (Å²) in [7, 11) is 3.41. The second kappa shape index (κ2) is 13.1. The number of aliphatic imine (C=N–C) groups is 1. The van der Waals surface area contributed by atoms with Gasteiger partial charge in [0, 0.05) is 13.1 Å². The third-order valence-corrected chi connectivity index (χ3v) is 10.4. The highest BCUT2D eigenvalue weighted by atomic mass is 16.5. The molecule has 2 saturated heterocycles. The summed E-state index contributed by atoms with van der Waals surface area (Å²) in [5.41, 5.74) is 6.54. The quantitative estimate of drug-likeness (QED) is 0.231. The molecule has 2 fully saturated rings. The van der Waals surface area contributed by atoms with Crippen LogP contribution < -0.4 is 10.6 Å². The molecule has 3 aromatic carbocycles. The number of carbonyl (C=O) groups is 2. The van der Waals surface area contributed by atoms with Gasteiger partial charge in [0.15, 0.2) is 0 Å². The molecule has 246 valence electrons. The number of benzene rings is 3. The lowest BCUT2D eigenvalue weighted by atomic mass is 9.97. The molecule has 2 amide bonds. The second-order valence-corrected chi connectivity index (χ2v) is 13.4. The highest BCUT2D eigenvalue weighted by Gasteiger charge is 2.42. The van der Waals surface area contributed by atoms with E-state index in [-0.39, 0.29) is 24.0 Å². The van der Waals surface area contributed by atoms with E-state index >= 15 is 0 Å². The third kappa shape index (κ3) is 6.12. The van der Waals surface area contributed by atoms with Crippen LogP contribution in [0.15, 0.2) is 59.6 Å². The number of H-pyrrole nitrogens is 1. The Hall–Kier alpha value is -4.28. The fraction of sp³-hybridized carbons (Fsp3) is 0.459. The lowest BCUT2D eigenvalue weighted by Crippen LogP contribution is -2.55. The fourth-order valence-corrected chi connectivity index (χ4v) is 7.49. The number of hydrogen-bond donors (Lipinski definition) is 3. The van der Waals surface area contributed by atoms with Crippen LogP contribution in [0.2, 0.25) is 0 Å². The smallest absolute Gasteiger partial charge is 0.407 e. The molecule has 10 nitrogen and oxygen atoms in total. The Bertz CT molecular complexity index is 1830. The lowest BCUT2D eigenvalue weighted by molar-refractivity contribution is -0.136. The fourth-order valence-electron chi connectivity index (χ4n) is 7.49. The van der Waals surface area contributed by atoms with Gasteiger partial charge in [-0.2, -0.15) is 0 Å². The molecule has 0 bridgehead atoms. The largest absolute Gasteiger partial charge is 0.453 e. The minimum Gasteiger partial charge on any atom is -0.453 e. The van der Waals surface area contributed by atoms with Crippen molar-refractivity contribution in [1.29, 1.82) is 0 Å². The van der Waals surface area contributed by atoms with Crippen LogP contribution in [0.1, 0.15) is 63.4 Å². The molecule has 47 heavy (non-hydrogen) atoms. The zero-order chi connectivity index (χ0) is 32.7. The van der Waals surface area contributed by atoms with E-state index in [1.54, 1.807) is 0 Å². The lowest BCUT2D eigenvalue weighted by Gasteiger charge is -2.35. The minimum absolute atomic E-state index is 0.0123. The summed E-state index contributed by atoms with van der Waals surface area (Å²) in [5, 5.41) is 8.67. The Morgan fingerprint density at radius 2 is 1.77 bits per heavy atom. The van der Waals surface area contributed by atoms with Crippen molar-refractivity contribution in [1.82, 2.24) is 30.4 Å². The van der Waals surface area contributed by atoms with E-state index in [4.69, 9.17) is 14.7 Å². The highest BCUT2D eigenvalue weighted by molar-refractivity contribution is 6.06. The number of alkyl carbamates (subject to hydrolysis) is 1. The molecule has 0 aliphatic carbocycles. The Kier molecular flexibility index (Phi) is 8.72. The average molecular weight is 636 g/mol. The average Bonchev–Trinajstić information content (AvgIpc) is 3.92. The maximum Gasteiger partial charge on any atom is 0.407 e. The number of amides is 2. The van der Waals surface area contributed by atoms with Gasteiger partial charge in [0.25, 0.3) is 0 Å². The molecule has 4 heterocycles. The number of methoxy groups -OCH3 is 1. The molecule has 3 aliphatic heterocycles. The van der Waals surface area contributed by atoms with Crippen molar-refractivity contribution in [3.63, 3.8) is 0 Å². The Labute approximate surface area is 276 Å². The van der Waals surface area contributed by atoms with Gasteiger partial charge < -0.3 is 25.3 Å². The number of imidazole rings is 1. The predicted octanol–water partition coefficient (Wildman–Crippen LogP) is 5.63. The minimum atomic E-state index is -0.623. The number of aromatic nitrogens is 2. The molecule has 5 unspecified atom stereocenters. The molecule has 3 aliphatic rings. The second-order valence-electron chi connectivity index (χ2n) is 13.4. The molecule has 5 atom stereocenters. The van der Waals surface area contributed by atoms with Gasteiger partial charge in [-0.05, 0) is 96.9 Å². The van der Waals surface area contributed by atoms with Crippen LogP contribution in [-0.2, 0) is 9.53 Å². The normalized spacial score (nSPS) is 22.9. The van der Waals surface area contributed by atoms with E-state index in [2.05, 4.69) is 82.2 Å². The van der Waals surface area contributed by atoms with Crippen LogP contribution in [0, 0.1) is 5.92 Å². The number of nitrogens with zero attached hydrogens (tertiary/aromatic N) is 4. The first-order valence-electron chi connectivity index (χ1n) is 17.0. The molecule has 7 rings (SSSR count). The molecule has 0 radical (unpaired) electrons.